The second-order valence-electron chi connectivity index (χ2n) is 6.17. The maximum Gasteiger partial charge on any atom is 0.232 e. The van der Waals surface area contributed by atoms with Crippen LogP contribution in [0.3, 0.4) is 0 Å². The van der Waals surface area contributed by atoms with Crippen LogP contribution in [0, 0.1) is 5.82 Å². The lowest BCUT2D eigenvalue weighted by atomic mass is 10.1. The Morgan fingerprint density at radius 3 is 2.80 bits per heavy atom. The number of nitrogens with zero attached hydrogens (tertiary/aromatic N) is 3. The van der Waals surface area contributed by atoms with Crippen LogP contribution in [0.5, 0.6) is 0 Å². The van der Waals surface area contributed by atoms with Gasteiger partial charge in [0.15, 0.2) is 15.0 Å². The van der Waals surface area contributed by atoms with E-state index in [0.717, 1.165) is 0 Å². The van der Waals surface area contributed by atoms with Gasteiger partial charge < -0.3 is 9.80 Å². The van der Waals surface area contributed by atoms with Gasteiger partial charge in [-0.15, -0.1) is 0 Å². The Labute approximate surface area is 158 Å². The van der Waals surface area contributed by atoms with E-state index in [1.165, 1.54) is 22.7 Å². The number of hydrogen-bond donors (Lipinski definition) is 0. The number of halogens is 2. The van der Waals surface area contributed by atoms with E-state index in [-0.39, 0.29) is 28.9 Å². The fourth-order valence-corrected chi connectivity index (χ4v) is 6.12. The number of amides is 1. The van der Waals surface area contributed by atoms with Crippen LogP contribution in [0.1, 0.15) is 0 Å². The number of amidine groups is 1. The van der Waals surface area contributed by atoms with Gasteiger partial charge in [-0.05, 0) is 18.2 Å². The lowest BCUT2D eigenvalue weighted by Crippen LogP contribution is -2.40. The van der Waals surface area contributed by atoms with Gasteiger partial charge in [0.25, 0.3) is 0 Å². The van der Waals surface area contributed by atoms with Gasteiger partial charge in [-0.3, -0.25) is 9.79 Å². The molecule has 2 atom stereocenters. The van der Waals surface area contributed by atoms with Crippen molar-refractivity contribution in [3.8, 4) is 0 Å². The van der Waals surface area contributed by atoms with Gasteiger partial charge in [-0.1, -0.05) is 27.7 Å². The fourth-order valence-electron chi connectivity index (χ4n) is 2.85. The molecular weight excluding hydrogens is 433 g/mol. The van der Waals surface area contributed by atoms with E-state index in [1.54, 1.807) is 31.1 Å². The van der Waals surface area contributed by atoms with Crippen LogP contribution in [0.4, 0.5) is 10.1 Å². The summed E-state index contributed by atoms with van der Waals surface area (Å²) in [4.78, 5) is 19.4. The van der Waals surface area contributed by atoms with Gasteiger partial charge in [0.1, 0.15) is 5.82 Å². The minimum Gasteiger partial charge on any atom is -0.348 e. The zero-order valence-electron chi connectivity index (χ0n) is 13.6. The first-order chi connectivity index (χ1) is 11.7. The average molecular weight is 450 g/mol. The van der Waals surface area contributed by atoms with Crippen molar-refractivity contribution in [2.45, 2.75) is 12.1 Å². The number of thioether (sulfide) groups is 1. The minimum absolute atomic E-state index is 0.0437. The molecule has 1 fully saturated rings. The molecule has 6 nitrogen and oxygen atoms in total. The maximum atomic E-state index is 14.5. The molecule has 2 aliphatic rings. The van der Waals surface area contributed by atoms with Crippen molar-refractivity contribution in [2.75, 3.05) is 36.3 Å². The fraction of sp³-hybridized carbons (Fsp3) is 0.467. The number of benzene rings is 1. The van der Waals surface area contributed by atoms with Gasteiger partial charge in [-0.25, -0.2) is 12.8 Å². The third kappa shape index (κ3) is 3.85. The van der Waals surface area contributed by atoms with Crippen LogP contribution in [-0.2, 0) is 14.6 Å². The molecule has 0 aromatic heterocycles. The Kier molecular flexibility index (Phi) is 5.13. The van der Waals surface area contributed by atoms with E-state index >= 15 is 0 Å². The predicted molar refractivity (Wildman–Crippen MR) is 101 cm³/mol. The molecule has 0 radical (unpaired) electrons. The molecule has 0 aliphatic carbocycles. The summed E-state index contributed by atoms with van der Waals surface area (Å²) in [6, 6.07) is 3.76. The largest absolute Gasteiger partial charge is 0.348 e. The number of hydrogen-bond acceptors (Lipinski definition) is 6. The molecule has 1 aromatic rings. The average Bonchev–Trinajstić information content (AvgIpc) is 2.96. The smallest absolute Gasteiger partial charge is 0.232 e. The van der Waals surface area contributed by atoms with Gasteiger partial charge in [0, 0.05) is 18.6 Å². The molecular formula is C15H17BrFN3O3S2. The Bertz CT molecular complexity index is 844. The standard InChI is InChI=1S/C15H17BrFN3O3S2/c1-19(2)14(21)6-24-15-18-11-7-25(22,23)8-13(11)20(15)12-4-3-9(16)5-10(12)17/h3-5,11,13H,6-8H2,1-2H3/t11-,13+/m1/s1. The minimum atomic E-state index is -3.20. The molecule has 1 amide bonds. The number of carbonyl (C=O) groups excluding carboxylic acids is 1. The summed E-state index contributed by atoms with van der Waals surface area (Å²) in [6.45, 7) is 0. The quantitative estimate of drug-likeness (QED) is 0.702. The molecule has 25 heavy (non-hydrogen) atoms. The van der Waals surface area contributed by atoms with E-state index in [1.807, 2.05) is 0 Å². The molecule has 0 saturated carbocycles. The third-order valence-corrected chi connectivity index (χ3v) is 7.24. The van der Waals surface area contributed by atoms with Crippen molar-refractivity contribution in [3.05, 3.63) is 28.5 Å². The van der Waals surface area contributed by atoms with Crippen molar-refractivity contribution < 1.29 is 17.6 Å². The van der Waals surface area contributed by atoms with E-state index in [9.17, 15) is 17.6 Å². The van der Waals surface area contributed by atoms with Crippen LogP contribution in [0.15, 0.2) is 27.7 Å². The molecule has 0 spiro atoms. The topological polar surface area (TPSA) is 70.0 Å². The first kappa shape index (κ1) is 18.7. The van der Waals surface area contributed by atoms with Crippen LogP contribution in [-0.4, -0.2) is 67.8 Å². The molecule has 136 valence electrons. The molecule has 3 rings (SSSR count). The van der Waals surface area contributed by atoms with E-state index in [2.05, 4.69) is 20.9 Å². The summed E-state index contributed by atoms with van der Waals surface area (Å²) in [5.74, 6) is -0.507. The Hall–Kier alpha value is -1.13. The number of rotatable bonds is 3. The molecule has 1 aromatic carbocycles. The highest BCUT2D eigenvalue weighted by molar-refractivity contribution is 9.10. The van der Waals surface area contributed by atoms with Crippen molar-refractivity contribution >= 4 is 54.3 Å². The van der Waals surface area contributed by atoms with Crippen molar-refractivity contribution in [1.82, 2.24) is 4.90 Å². The zero-order valence-corrected chi connectivity index (χ0v) is 16.9. The first-order valence-electron chi connectivity index (χ1n) is 7.53. The van der Waals surface area contributed by atoms with E-state index in [0.29, 0.717) is 9.64 Å². The van der Waals surface area contributed by atoms with E-state index in [4.69, 9.17) is 0 Å². The van der Waals surface area contributed by atoms with Crippen LogP contribution >= 0.6 is 27.7 Å². The van der Waals surface area contributed by atoms with Gasteiger partial charge in [0.05, 0.1) is 35.0 Å². The molecule has 2 aliphatic heterocycles. The molecule has 0 unspecified atom stereocenters. The number of anilines is 1. The zero-order chi connectivity index (χ0) is 18.4. The highest BCUT2D eigenvalue weighted by atomic mass is 79.9. The summed E-state index contributed by atoms with van der Waals surface area (Å²) >= 11 is 4.42. The number of carbonyl (C=O) groups is 1. The van der Waals surface area contributed by atoms with Crippen LogP contribution < -0.4 is 4.90 Å². The molecule has 1 saturated heterocycles. The van der Waals surface area contributed by atoms with Crippen LogP contribution in [0.25, 0.3) is 0 Å². The molecule has 0 bridgehead atoms. The Morgan fingerprint density at radius 1 is 1.44 bits per heavy atom. The molecule has 10 heteroatoms. The van der Waals surface area contributed by atoms with Crippen LogP contribution in [0.2, 0.25) is 0 Å². The summed E-state index contributed by atoms with van der Waals surface area (Å²) in [5.41, 5.74) is 0.274. The van der Waals surface area contributed by atoms with Crippen molar-refractivity contribution in [2.24, 2.45) is 4.99 Å². The predicted octanol–water partition coefficient (Wildman–Crippen LogP) is 1.75. The second-order valence-corrected chi connectivity index (χ2v) is 10.2. The summed E-state index contributed by atoms with van der Waals surface area (Å²) in [7, 11) is 0.119. The Balaban J connectivity index is 1.93. The molecule has 0 N–H and O–H groups in total. The highest BCUT2D eigenvalue weighted by Gasteiger charge is 2.47. The summed E-state index contributed by atoms with van der Waals surface area (Å²) in [6.07, 6.45) is 0. The van der Waals surface area contributed by atoms with Gasteiger partial charge in [-0.2, -0.15) is 0 Å². The van der Waals surface area contributed by atoms with Gasteiger partial charge >= 0.3 is 0 Å². The second kappa shape index (κ2) is 6.88. The highest BCUT2D eigenvalue weighted by Crippen LogP contribution is 2.36. The summed E-state index contributed by atoms with van der Waals surface area (Å²) in [5, 5.41) is 0.487. The Morgan fingerprint density at radius 2 is 2.16 bits per heavy atom. The van der Waals surface area contributed by atoms with Crippen molar-refractivity contribution in [3.63, 3.8) is 0 Å². The van der Waals surface area contributed by atoms with E-state index < -0.39 is 27.7 Å². The number of fused-ring (bicyclic) bond motifs is 1. The first-order valence-corrected chi connectivity index (χ1v) is 11.1. The normalized spacial score (nSPS) is 24.2. The lowest BCUT2D eigenvalue weighted by Gasteiger charge is -2.27. The maximum absolute atomic E-state index is 14.5. The lowest BCUT2D eigenvalue weighted by molar-refractivity contribution is -0.125. The third-order valence-electron chi connectivity index (χ3n) is 4.10. The number of sulfone groups is 1. The van der Waals surface area contributed by atoms with Crippen molar-refractivity contribution in [1.29, 1.82) is 0 Å². The van der Waals surface area contributed by atoms with Gasteiger partial charge in [0.2, 0.25) is 5.91 Å². The number of aliphatic imine (C=N–C) groups is 1. The SMILES string of the molecule is CN(C)C(=O)CSC1=N[C@@H]2CS(=O)(=O)C[C@@H]2N1c1ccc(Br)cc1F. The molecule has 2 heterocycles. The summed E-state index contributed by atoms with van der Waals surface area (Å²) < 4.78 is 39.0. The monoisotopic (exact) mass is 449 g/mol.